The molecule has 0 aliphatic rings. The van der Waals surface area contributed by atoms with Gasteiger partial charge in [-0.15, -0.1) is 5.73 Å². The topological polar surface area (TPSA) is 43.6 Å². The average molecular weight is 705 g/mol. The van der Waals surface area contributed by atoms with Gasteiger partial charge in [0.2, 0.25) is 5.88 Å². The van der Waals surface area contributed by atoms with Gasteiger partial charge in [-0.1, -0.05) is 140 Å². The highest BCUT2D eigenvalue weighted by Gasteiger charge is 2.27. The summed E-state index contributed by atoms with van der Waals surface area (Å²) in [5.41, 5.74) is 12.5. The Morgan fingerprint density at radius 3 is 2.00 bits per heavy atom. The van der Waals surface area contributed by atoms with Crippen LogP contribution < -0.4 is 0 Å². The zero-order valence-electron chi connectivity index (χ0n) is 30.0. The summed E-state index contributed by atoms with van der Waals surface area (Å²) in [5.74, 6) is 1.16. The molecule has 3 heterocycles. The predicted molar refractivity (Wildman–Crippen MR) is 230 cm³/mol. The van der Waals surface area contributed by atoms with E-state index in [4.69, 9.17) is 13.8 Å². The van der Waals surface area contributed by atoms with Crippen molar-refractivity contribution in [3.05, 3.63) is 187 Å². The Balaban J connectivity index is 1.31. The van der Waals surface area contributed by atoms with Crippen LogP contribution in [0.4, 0.5) is 5.88 Å². The number of hydrogen-bond acceptors (Lipinski definition) is 3. The summed E-state index contributed by atoms with van der Waals surface area (Å²) in [6.45, 7) is 6.37. The van der Waals surface area contributed by atoms with Crippen LogP contribution in [0, 0.1) is 6.92 Å². The molecule has 0 saturated heterocycles. The lowest BCUT2D eigenvalue weighted by molar-refractivity contribution is 0.623. The third-order valence-electron chi connectivity index (χ3n) is 11.0. The molecule has 3 aromatic heterocycles. The molecule has 0 fully saturated rings. The van der Waals surface area contributed by atoms with Gasteiger partial charge in [0.15, 0.2) is 11.4 Å². The minimum atomic E-state index is 0.530. The van der Waals surface area contributed by atoms with E-state index in [-0.39, 0.29) is 0 Å². The molecule has 4 nitrogen and oxygen atoms in total. The van der Waals surface area contributed by atoms with Crippen molar-refractivity contribution in [2.24, 2.45) is 4.99 Å². The van der Waals surface area contributed by atoms with E-state index in [1.807, 2.05) is 24.3 Å². The number of fused-ring (bicyclic) bond motifs is 12. The zero-order valence-corrected chi connectivity index (χ0v) is 30.0. The van der Waals surface area contributed by atoms with Crippen LogP contribution >= 0.6 is 0 Å². The molecular weight excluding hydrogens is 673 g/mol. The number of aryl methyl sites for hydroxylation is 1. The molecule has 0 radical (unpaired) electrons. The van der Waals surface area contributed by atoms with E-state index in [0.29, 0.717) is 11.7 Å². The molecule has 55 heavy (non-hydrogen) atoms. The van der Waals surface area contributed by atoms with Gasteiger partial charge in [0.25, 0.3) is 0 Å². The summed E-state index contributed by atoms with van der Waals surface area (Å²) in [4.78, 5) is 5.51. The van der Waals surface area contributed by atoms with Crippen LogP contribution in [-0.2, 0) is 0 Å². The van der Waals surface area contributed by atoms with Gasteiger partial charge in [0.05, 0.1) is 16.6 Å². The molecule has 0 saturated carbocycles. The van der Waals surface area contributed by atoms with Gasteiger partial charge < -0.3 is 8.83 Å². The number of hydrogen-bond donors (Lipinski definition) is 0. The first-order chi connectivity index (χ1) is 27.2. The van der Waals surface area contributed by atoms with Gasteiger partial charge >= 0.3 is 0 Å². The Kier molecular flexibility index (Phi) is 6.84. The predicted octanol–water partition coefficient (Wildman–Crippen LogP) is 14.2. The summed E-state index contributed by atoms with van der Waals surface area (Å²) in [5, 5.41) is 9.94. The van der Waals surface area contributed by atoms with Crippen molar-refractivity contribution < 1.29 is 8.83 Å². The third kappa shape index (κ3) is 4.69. The Morgan fingerprint density at radius 2 is 1.22 bits per heavy atom. The van der Waals surface area contributed by atoms with E-state index < -0.39 is 0 Å². The number of allylic oxidation sites excluding steroid dienone is 1. The molecule has 0 unspecified atom stereocenters. The van der Waals surface area contributed by atoms with Crippen molar-refractivity contribution in [1.82, 2.24) is 4.57 Å². The van der Waals surface area contributed by atoms with Gasteiger partial charge in [-0.2, -0.15) is 4.99 Å². The summed E-state index contributed by atoms with van der Waals surface area (Å²) < 4.78 is 15.9. The van der Waals surface area contributed by atoms with Crippen LogP contribution in [0.25, 0.3) is 93.0 Å². The highest BCUT2D eigenvalue weighted by Crippen LogP contribution is 2.46. The Labute approximate surface area is 316 Å². The minimum absolute atomic E-state index is 0.530. The fourth-order valence-corrected chi connectivity index (χ4v) is 8.46. The Bertz CT molecular complexity index is 3440. The summed E-state index contributed by atoms with van der Waals surface area (Å²) >= 11 is 0. The van der Waals surface area contributed by atoms with E-state index in [1.165, 1.54) is 5.39 Å². The van der Waals surface area contributed by atoms with Gasteiger partial charge in [0, 0.05) is 32.5 Å². The van der Waals surface area contributed by atoms with Crippen molar-refractivity contribution in [1.29, 1.82) is 0 Å². The van der Waals surface area contributed by atoms with Crippen molar-refractivity contribution in [3.63, 3.8) is 0 Å². The molecule has 11 rings (SSSR count). The molecule has 0 N–H and O–H groups in total. The monoisotopic (exact) mass is 704 g/mol. The van der Waals surface area contributed by atoms with Gasteiger partial charge in [-0.3, -0.25) is 4.57 Å². The molecule has 0 atom stereocenters. The number of rotatable bonds is 4. The maximum absolute atomic E-state index is 7.08. The zero-order chi connectivity index (χ0) is 36.6. The summed E-state index contributed by atoms with van der Waals surface area (Å²) in [6.07, 6.45) is 0. The van der Waals surface area contributed by atoms with Crippen LogP contribution in [0.15, 0.2) is 190 Å². The molecule has 0 aliphatic carbocycles. The van der Waals surface area contributed by atoms with Crippen molar-refractivity contribution in [3.8, 4) is 11.1 Å². The Hall–Kier alpha value is -7.39. The van der Waals surface area contributed by atoms with Gasteiger partial charge in [-0.05, 0) is 75.5 Å². The van der Waals surface area contributed by atoms with Crippen molar-refractivity contribution >= 4 is 93.6 Å². The first kappa shape index (κ1) is 31.2. The highest BCUT2D eigenvalue weighted by atomic mass is 16.3. The van der Waals surface area contributed by atoms with E-state index >= 15 is 0 Å². The molecule has 0 amide bonds. The fourth-order valence-electron chi connectivity index (χ4n) is 8.46. The van der Waals surface area contributed by atoms with Crippen LogP contribution in [0.5, 0.6) is 0 Å². The van der Waals surface area contributed by atoms with Gasteiger partial charge in [-0.25, -0.2) is 0 Å². The summed E-state index contributed by atoms with van der Waals surface area (Å²) in [7, 11) is 0. The largest absolute Gasteiger partial charge is 0.454 e. The lowest BCUT2D eigenvalue weighted by Gasteiger charge is -2.15. The lowest BCUT2D eigenvalue weighted by Crippen LogP contribution is -2.14. The second kappa shape index (κ2) is 12.1. The minimum Gasteiger partial charge on any atom is -0.454 e. The van der Waals surface area contributed by atoms with Crippen LogP contribution in [0.1, 0.15) is 11.1 Å². The number of furan rings is 2. The molecule has 4 heteroatoms. The normalized spacial score (nSPS) is 12.2. The fraction of sp³-hybridized carbons (Fsp3) is 0.0196. The smallest absolute Gasteiger partial charge is 0.224 e. The van der Waals surface area contributed by atoms with Crippen molar-refractivity contribution in [2.75, 3.05) is 0 Å². The number of aromatic nitrogens is 1. The molecule has 8 aromatic carbocycles. The Morgan fingerprint density at radius 1 is 0.564 bits per heavy atom. The average Bonchev–Trinajstić information content (AvgIpc) is 3.89. The third-order valence-corrected chi connectivity index (χ3v) is 11.0. The highest BCUT2D eigenvalue weighted by molar-refractivity contribution is 6.39. The van der Waals surface area contributed by atoms with E-state index in [9.17, 15) is 0 Å². The van der Waals surface area contributed by atoms with E-state index in [2.05, 4.69) is 163 Å². The number of para-hydroxylation sites is 2. The quantitative estimate of drug-likeness (QED) is 0.104. The maximum Gasteiger partial charge on any atom is 0.224 e. The van der Waals surface area contributed by atoms with Crippen LogP contribution in [0.3, 0.4) is 0 Å². The van der Waals surface area contributed by atoms with E-state index in [1.54, 1.807) is 0 Å². The molecule has 258 valence electrons. The number of benzene rings is 8. The molecular formula is C51H32N2O2. The molecule has 0 aliphatic heterocycles. The lowest BCUT2D eigenvalue weighted by atomic mass is 9.97. The van der Waals surface area contributed by atoms with E-state index in [0.717, 1.165) is 98.7 Å². The molecule has 0 spiro atoms. The summed E-state index contributed by atoms with van der Waals surface area (Å²) in [6, 6.07) is 57.1. The molecule has 0 bridgehead atoms. The van der Waals surface area contributed by atoms with Gasteiger partial charge in [0.1, 0.15) is 11.2 Å². The molecule has 11 aromatic rings. The van der Waals surface area contributed by atoms with Crippen LogP contribution in [-0.4, -0.2) is 10.4 Å². The SMILES string of the molecule is C=C=C(C(=Nc1oc2ccccc2c1C)n1c2ccccc2c2c3ccccc3c3c4cc5ccccc5cc4oc3c21)c1cccc(-c2ccccc2)c1. The van der Waals surface area contributed by atoms with Crippen LogP contribution in [0.2, 0.25) is 0 Å². The second-order valence-corrected chi connectivity index (χ2v) is 14.1. The standard InChI is InChI=1S/C51H32N2O2/c1-3-37(36-21-15-20-33(28-36)32-16-5-4-6-17-32)50(52-51-31(2)38-22-12-14-27-44(38)55-51)53-43-26-13-11-25-41(43)46-39-23-9-10-24-40(39)47-42-29-34-18-7-8-19-35(34)30-45(42)54-49(47)48(46)53/h4-30H,1H2,2H3. The number of aliphatic imine (C=N–C) groups is 1. The maximum atomic E-state index is 7.08. The first-order valence-corrected chi connectivity index (χ1v) is 18.5. The second-order valence-electron chi connectivity index (χ2n) is 14.1. The van der Waals surface area contributed by atoms with Crippen molar-refractivity contribution in [2.45, 2.75) is 6.92 Å². The number of nitrogens with zero attached hydrogens (tertiary/aromatic N) is 2. The first-order valence-electron chi connectivity index (χ1n) is 18.5.